The lowest BCUT2D eigenvalue weighted by Crippen LogP contribution is -2.05. The minimum Gasteiger partial charge on any atom is -0.478 e. The number of nitrogens with zero attached hydrogens (tertiary/aromatic N) is 2. The van der Waals surface area contributed by atoms with E-state index >= 15 is 0 Å². The van der Waals surface area contributed by atoms with Crippen molar-refractivity contribution in [3.63, 3.8) is 0 Å². The maximum absolute atomic E-state index is 11.4. The summed E-state index contributed by atoms with van der Waals surface area (Å²) < 4.78 is 0. The summed E-state index contributed by atoms with van der Waals surface area (Å²) in [6.45, 7) is 5.67. The third-order valence-electron chi connectivity index (χ3n) is 2.99. The van der Waals surface area contributed by atoms with Crippen LogP contribution in [0.1, 0.15) is 32.9 Å². The molecule has 5 heteroatoms. The molecule has 0 amide bonds. The fourth-order valence-corrected chi connectivity index (χ4v) is 3.15. The average Bonchev–Trinajstić information content (AvgIpc) is 2.36. The fraction of sp³-hybridized carbons (Fsp3) is 0.267. The molecule has 0 aliphatic rings. The van der Waals surface area contributed by atoms with E-state index in [1.807, 2.05) is 26.0 Å². The van der Waals surface area contributed by atoms with E-state index in [0.717, 1.165) is 22.5 Å². The van der Waals surface area contributed by atoms with E-state index in [1.54, 1.807) is 19.2 Å². The first-order valence-electron chi connectivity index (χ1n) is 6.24. The second-order valence-electron chi connectivity index (χ2n) is 4.62. The zero-order valence-electron chi connectivity index (χ0n) is 11.7. The van der Waals surface area contributed by atoms with Gasteiger partial charge >= 0.3 is 5.97 Å². The van der Waals surface area contributed by atoms with E-state index in [1.165, 1.54) is 11.8 Å². The summed E-state index contributed by atoms with van der Waals surface area (Å²) in [6, 6.07) is 5.68. The summed E-state index contributed by atoms with van der Waals surface area (Å²) in [5, 5.41) is 9.88. The van der Waals surface area contributed by atoms with Crippen molar-refractivity contribution in [2.45, 2.75) is 31.6 Å². The van der Waals surface area contributed by atoms with Gasteiger partial charge in [-0.2, -0.15) is 0 Å². The van der Waals surface area contributed by atoms with Crippen molar-refractivity contribution in [3.8, 4) is 0 Å². The Bertz CT molecular complexity index is 656. The van der Waals surface area contributed by atoms with Crippen LogP contribution in [-0.4, -0.2) is 21.0 Å². The SMILES string of the molecule is Cc1cc(C)c(C(=O)O)c(SCc2ncccc2C)n1. The normalized spacial score (nSPS) is 10.6. The van der Waals surface area contributed by atoms with Crippen molar-refractivity contribution >= 4 is 17.7 Å². The van der Waals surface area contributed by atoms with Gasteiger partial charge in [0.1, 0.15) is 5.03 Å². The minimum atomic E-state index is -0.935. The molecule has 0 aliphatic carbocycles. The zero-order valence-corrected chi connectivity index (χ0v) is 12.5. The number of rotatable bonds is 4. The van der Waals surface area contributed by atoms with Crippen molar-refractivity contribution in [1.82, 2.24) is 9.97 Å². The molecule has 0 bridgehead atoms. The quantitative estimate of drug-likeness (QED) is 0.874. The van der Waals surface area contributed by atoms with Crippen LogP contribution in [0.15, 0.2) is 29.4 Å². The minimum absolute atomic E-state index is 0.286. The average molecular weight is 288 g/mol. The number of thioether (sulfide) groups is 1. The van der Waals surface area contributed by atoms with E-state index in [0.29, 0.717) is 10.8 Å². The molecule has 0 saturated carbocycles. The molecular weight excluding hydrogens is 272 g/mol. The molecule has 2 heterocycles. The van der Waals surface area contributed by atoms with E-state index in [4.69, 9.17) is 0 Å². The number of carbonyl (C=O) groups is 1. The molecule has 0 radical (unpaired) electrons. The van der Waals surface area contributed by atoms with Crippen LogP contribution in [0, 0.1) is 20.8 Å². The van der Waals surface area contributed by atoms with E-state index in [9.17, 15) is 9.90 Å². The van der Waals surface area contributed by atoms with Crippen molar-refractivity contribution in [2.75, 3.05) is 0 Å². The molecule has 2 aromatic rings. The van der Waals surface area contributed by atoms with Gasteiger partial charge in [0.15, 0.2) is 0 Å². The molecule has 0 atom stereocenters. The number of carboxylic acid groups (broad SMARTS) is 1. The first kappa shape index (κ1) is 14.5. The largest absolute Gasteiger partial charge is 0.478 e. The van der Waals surface area contributed by atoms with Gasteiger partial charge in [-0.3, -0.25) is 4.98 Å². The Morgan fingerprint density at radius 2 is 2.05 bits per heavy atom. The highest BCUT2D eigenvalue weighted by atomic mass is 32.2. The van der Waals surface area contributed by atoms with Gasteiger partial charge in [0.25, 0.3) is 0 Å². The van der Waals surface area contributed by atoms with Gasteiger partial charge < -0.3 is 5.11 Å². The number of hydrogen-bond donors (Lipinski definition) is 1. The Morgan fingerprint density at radius 1 is 1.30 bits per heavy atom. The number of aromatic carboxylic acids is 1. The Labute approximate surface area is 122 Å². The summed E-state index contributed by atoms with van der Waals surface area (Å²) in [5.41, 5.74) is 3.91. The molecule has 0 unspecified atom stereocenters. The molecule has 0 aliphatic heterocycles. The molecule has 0 saturated heterocycles. The molecule has 2 aromatic heterocycles. The van der Waals surface area contributed by atoms with Gasteiger partial charge in [-0.05, 0) is 44.0 Å². The molecule has 0 spiro atoms. The Morgan fingerprint density at radius 3 is 2.70 bits per heavy atom. The third kappa shape index (κ3) is 3.17. The number of pyridine rings is 2. The first-order chi connectivity index (χ1) is 9.49. The Balaban J connectivity index is 2.30. The van der Waals surface area contributed by atoms with Gasteiger partial charge in [0.05, 0.1) is 11.3 Å². The lowest BCUT2D eigenvalue weighted by atomic mass is 10.1. The van der Waals surface area contributed by atoms with Crippen LogP contribution in [0.5, 0.6) is 0 Å². The zero-order chi connectivity index (χ0) is 14.7. The number of aryl methyl sites for hydroxylation is 3. The highest BCUT2D eigenvalue weighted by Gasteiger charge is 2.16. The van der Waals surface area contributed by atoms with Crippen molar-refractivity contribution < 1.29 is 9.90 Å². The summed E-state index contributed by atoms with van der Waals surface area (Å²) >= 11 is 1.42. The molecule has 1 N–H and O–H groups in total. The molecule has 2 rings (SSSR count). The predicted octanol–water partition coefficient (Wildman–Crippen LogP) is 3.39. The van der Waals surface area contributed by atoms with Gasteiger partial charge in [0.2, 0.25) is 0 Å². The molecule has 0 aromatic carbocycles. The second-order valence-corrected chi connectivity index (χ2v) is 5.59. The van der Waals surface area contributed by atoms with Crippen LogP contribution < -0.4 is 0 Å². The first-order valence-corrected chi connectivity index (χ1v) is 7.22. The monoisotopic (exact) mass is 288 g/mol. The number of carboxylic acids is 1. The molecule has 4 nitrogen and oxygen atoms in total. The highest BCUT2D eigenvalue weighted by Crippen LogP contribution is 2.27. The summed E-state index contributed by atoms with van der Waals surface area (Å²) in [6.07, 6.45) is 1.75. The number of hydrogen-bond acceptors (Lipinski definition) is 4. The lowest BCUT2D eigenvalue weighted by molar-refractivity contribution is 0.0691. The molecular formula is C15H16N2O2S. The summed E-state index contributed by atoms with van der Waals surface area (Å²) in [5.74, 6) is -0.321. The van der Waals surface area contributed by atoms with Crippen molar-refractivity contribution in [1.29, 1.82) is 0 Å². The lowest BCUT2D eigenvalue weighted by Gasteiger charge is -2.10. The summed E-state index contributed by atoms with van der Waals surface area (Å²) in [4.78, 5) is 20.0. The van der Waals surface area contributed by atoms with E-state index in [2.05, 4.69) is 9.97 Å². The van der Waals surface area contributed by atoms with Crippen LogP contribution >= 0.6 is 11.8 Å². The van der Waals surface area contributed by atoms with Crippen molar-refractivity contribution in [2.24, 2.45) is 0 Å². The maximum atomic E-state index is 11.4. The van der Waals surface area contributed by atoms with Crippen LogP contribution in [-0.2, 0) is 5.75 Å². The van der Waals surface area contributed by atoms with Gasteiger partial charge in [-0.25, -0.2) is 9.78 Å². The Hall–Kier alpha value is -1.88. The van der Waals surface area contributed by atoms with Gasteiger partial charge in [0, 0.05) is 17.6 Å². The Kier molecular flexibility index (Phi) is 4.39. The molecule has 20 heavy (non-hydrogen) atoms. The van der Waals surface area contributed by atoms with E-state index < -0.39 is 5.97 Å². The highest BCUT2D eigenvalue weighted by molar-refractivity contribution is 7.98. The van der Waals surface area contributed by atoms with Crippen molar-refractivity contribution in [3.05, 3.63) is 52.5 Å². The van der Waals surface area contributed by atoms with E-state index in [-0.39, 0.29) is 5.56 Å². The standard InChI is InChI=1S/C15H16N2O2S/c1-9-5-4-6-16-12(9)8-20-14-13(15(18)19)10(2)7-11(3)17-14/h4-7H,8H2,1-3H3,(H,18,19). The maximum Gasteiger partial charge on any atom is 0.338 e. The molecule has 0 fully saturated rings. The van der Waals surface area contributed by atoms with Gasteiger partial charge in [-0.15, -0.1) is 0 Å². The predicted molar refractivity (Wildman–Crippen MR) is 79.2 cm³/mol. The van der Waals surface area contributed by atoms with Crippen LogP contribution in [0.4, 0.5) is 0 Å². The topological polar surface area (TPSA) is 63.1 Å². The fourth-order valence-electron chi connectivity index (χ4n) is 1.97. The van der Waals surface area contributed by atoms with Crippen LogP contribution in [0.2, 0.25) is 0 Å². The summed E-state index contributed by atoms with van der Waals surface area (Å²) in [7, 11) is 0. The number of aromatic nitrogens is 2. The molecule has 104 valence electrons. The smallest absolute Gasteiger partial charge is 0.338 e. The van der Waals surface area contributed by atoms with Gasteiger partial charge in [-0.1, -0.05) is 17.8 Å². The van der Waals surface area contributed by atoms with Crippen LogP contribution in [0.25, 0.3) is 0 Å². The van der Waals surface area contributed by atoms with Crippen LogP contribution in [0.3, 0.4) is 0 Å². The second kappa shape index (κ2) is 6.05. The third-order valence-corrected chi connectivity index (χ3v) is 3.98.